The van der Waals surface area contributed by atoms with E-state index in [1.807, 2.05) is 9.58 Å². The zero-order chi connectivity index (χ0) is 17.5. The van der Waals surface area contributed by atoms with Gasteiger partial charge in [-0.1, -0.05) is 13.8 Å². The molecule has 0 bridgehead atoms. The van der Waals surface area contributed by atoms with E-state index in [1.54, 1.807) is 14.0 Å². The van der Waals surface area contributed by atoms with Crippen molar-refractivity contribution in [1.82, 2.24) is 14.7 Å². The fourth-order valence-corrected chi connectivity index (χ4v) is 4.06. The fraction of sp³-hybridized carbons (Fsp3) is 0.722. The van der Waals surface area contributed by atoms with Crippen LogP contribution >= 0.6 is 0 Å². The predicted molar refractivity (Wildman–Crippen MR) is 89.9 cm³/mol. The van der Waals surface area contributed by atoms with Crippen LogP contribution in [0.15, 0.2) is 0 Å². The van der Waals surface area contributed by atoms with Crippen molar-refractivity contribution in [2.45, 2.75) is 59.0 Å². The van der Waals surface area contributed by atoms with Crippen LogP contribution in [0.1, 0.15) is 67.8 Å². The molecule has 1 aliphatic heterocycles. The van der Waals surface area contributed by atoms with E-state index in [-0.39, 0.29) is 23.1 Å². The highest BCUT2D eigenvalue weighted by atomic mass is 16.5. The quantitative estimate of drug-likeness (QED) is 0.848. The summed E-state index contributed by atoms with van der Waals surface area (Å²) in [4.78, 5) is 26.7. The molecule has 0 aromatic carbocycles. The Kier molecular flexibility index (Phi) is 4.51. The molecule has 0 radical (unpaired) electrons. The second-order valence-corrected chi connectivity index (χ2v) is 7.73. The van der Waals surface area contributed by atoms with Crippen LogP contribution in [0.3, 0.4) is 0 Å². The van der Waals surface area contributed by atoms with Gasteiger partial charge in [-0.05, 0) is 24.7 Å². The second-order valence-electron chi connectivity index (χ2n) is 7.73. The summed E-state index contributed by atoms with van der Waals surface area (Å²) in [7, 11) is 1.67. The number of fused-ring (bicyclic) bond motifs is 1. The lowest BCUT2D eigenvalue weighted by molar-refractivity contribution is -0.129. The van der Waals surface area contributed by atoms with Gasteiger partial charge in [0.2, 0.25) is 5.91 Å². The number of hydrogen-bond donors (Lipinski definition) is 0. The van der Waals surface area contributed by atoms with Crippen LogP contribution in [0.5, 0.6) is 0 Å². The maximum absolute atomic E-state index is 12.9. The van der Waals surface area contributed by atoms with Crippen molar-refractivity contribution in [2.24, 2.45) is 5.41 Å². The molecule has 1 amide bonds. The van der Waals surface area contributed by atoms with E-state index >= 15 is 0 Å². The van der Waals surface area contributed by atoms with Gasteiger partial charge in [-0.25, -0.2) is 0 Å². The lowest BCUT2D eigenvalue weighted by Crippen LogP contribution is -2.31. The van der Waals surface area contributed by atoms with Crippen LogP contribution in [0.25, 0.3) is 0 Å². The van der Waals surface area contributed by atoms with Gasteiger partial charge in [-0.3, -0.25) is 14.3 Å². The largest absolute Gasteiger partial charge is 0.383 e. The van der Waals surface area contributed by atoms with E-state index in [2.05, 4.69) is 13.8 Å². The number of ether oxygens (including phenoxy) is 1. The molecule has 0 N–H and O–H groups in total. The van der Waals surface area contributed by atoms with Crippen LogP contribution in [0.4, 0.5) is 0 Å². The lowest BCUT2D eigenvalue weighted by Gasteiger charge is -2.30. The molecule has 0 saturated carbocycles. The van der Waals surface area contributed by atoms with Gasteiger partial charge in [0, 0.05) is 27.0 Å². The van der Waals surface area contributed by atoms with Crippen molar-refractivity contribution < 1.29 is 14.3 Å². The molecule has 1 atom stereocenters. The number of Topliss-reactive ketones (excluding diaryl/α,β-unsaturated/α-hetero) is 1. The number of aromatic nitrogens is 2. The number of nitrogens with zero attached hydrogens (tertiary/aromatic N) is 3. The summed E-state index contributed by atoms with van der Waals surface area (Å²) < 4.78 is 7.13. The number of ketones is 1. The average molecular weight is 333 g/mol. The predicted octanol–water partition coefficient (Wildman–Crippen LogP) is 2.37. The number of carbonyl (C=O) groups is 2. The van der Waals surface area contributed by atoms with Crippen molar-refractivity contribution in [3.05, 3.63) is 17.0 Å². The third kappa shape index (κ3) is 2.99. The van der Waals surface area contributed by atoms with E-state index in [0.29, 0.717) is 19.6 Å². The van der Waals surface area contributed by atoms with Gasteiger partial charge in [-0.15, -0.1) is 0 Å². The number of amides is 1. The summed E-state index contributed by atoms with van der Waals surface area (Å²) in [6.45, 7) is 7.78. The third-order valence-corrected chi connectivity index (χ3v) is 5.13. The van der Waals surface area contributed by atoms with Crippen molar-refractivity contribution in [3.63, 3.8) is 0 Å². The first-order valence-corrected chi connectivity index (χ1v) is 8.73. The monoisotopic (exact) mass is 333 g/mol. The minimum Gasteiger partial charge on any atom is -0.383 e. The Hall–Kier alpha value is -1.69. The number of rotatable bonds is 4. The molecular weight excluding hydrogens is 306 g/mol. The highest BCUT2D eigenvalue weighted by Crippen LogP contribution is 2.41. The van der Waals surface area contributed by atoms with Gasteiger partial charge < -0.3 is 9.64 Å². The maximum atomic E-state index is 12.9. The molecule has 0 unspecified atom stereocenters. The molecule has 1 aromatic rings. The molecule has 132 valence electrons. The molecule has 2 heterocycles. The summed E-state index contributed by atoms with van der Waals surface area (Å²) in [5.41, 5.74) is 2.53. The van der Waals surface area contributed by atoms with E-state index in [9.17, 15) is 9.59 Å². The van der Waals surface area contributed by atoms with E-state index < -0.39 is 0 Å². The van der Waals surface area contributed by atoms with Crippen LogP contribution in [-0.2, 0) is 22.5 Å². The van der Waals surface area contributed by atoms with Crippen LogP contribution < -0.4 is 0 Å². The molecule has 1 aromatic heterocycles. The molecule has 6 nitrogen and oxygen atoms in total. The zero-order valence-electron chi connectivity index (χ0n) is 15.1. The normalized spacial score (nSPS) is 22.8. The van der Waals surface area contributed by atoms with Gasteiger partial charge in [0.1, 0.15) is 0 Å². The van der Waals surface area contributed by atoms with Crippen molar-refractivity contribution >= 4 is 11.7 Å². The molecular formula is C18H27N3O3. The summed E-state index contributed by atoms with van der Waals surface area (Å²) in [6, 6.07) is -0.0646. The van der Waals surface area contributed by atoms with Crippen LogP contribution in [0, 0.1) is 5.41 Å². The van der Waals surface area contributed by atoms with Crippen molar-refractivity contribution in [1.29, 1.82) is 0 Å². The average Bonchev–Trinajstić information content (AvgIpc) is 3.08. The Labute approximate surface area is 143 Å². The first-order valence-electron chi connectivity index (χ1n) is 8.73. The smallest absolute Gasteiger partial charge is 0.220 e. The first-order chi connectivity index (χ1) is 11.3. The highest BCUT2D eigenvalue weighted by molar-refractivity contribution is 6.00. The van der Waals surface area contributed by atoms with Gasteiger partial charge in [0.25, 0.3) is 0 Å². The lowest BCUT2D eigenvalue weighted by atomic mass is 9.75. The van der Waals surface area contributed by atoms with Gasteiger partial charge in [0.15, 0.2) is 5.78 Å². The maximum Gasteiger partial charge on any atom is 0.220 e. The Bertz CT molecular complexity index is 663. The topological polar surface area (TPSA) is 64.4 Å². The summed E-state index contributed by atoms with van der Waals surface area (Å²) in [5, 5.41) is 4.78. The molecule has 0 spiro atoms. The minimum absolute atomic E-state index is 0.0534. The van der Waals surface area contributed by atoms with E-state index in [4.69, 9.17) is 9.84 Å². The number of carbonyl (C=O) groups excluding carboxylic acids is 2. The van der Waals surface area contributed by atoms with Crippen LogP contribution in [0.2, 0.25) is 0 Å². The van der Waals surface area contributed by atoms with Gasteiger partial charge in [-0.2, -0.15) is 5.10 Å². The number of hydrogen-bond acceptors (Lipinski definition) is 4. The zero-order valence-corrected chi connectivity index (χ0v) is 15.1. The molecule has 6 heteroatoms. The summed E-state index contributed by atoms with van der Waals surface area (Å²) in [6.07, 6.45) is 3.21. The second kappa shape index (κ2) is 6.31. The van der Waals surface area contributed by atoms with Crippen LogP contribution in [-0.4, -0.2) is 46.6 Å². The highest BCUT2D eigenvalue weighted by Gasteiger charge is 2.40. The Morgan fingerprint density at radius 1 is 1.38 bits per heavy atom. The Morgan fingerprint density at radius 3 is 2.79 bits per heavy atom. The minimum atomic E-state index is -0.0646. The first kappa shape index (κ1) is 17.1. The van der Waals surface area contributed by atoms with Crippen molar-refractivity contribution in [3.8, 4) is 0 Å². The molecule has 1 saturated heterocycles. The molecule has 2 aliphatic rings. The van der Waals surface area contributed by atoms with Gasteiger partial charge in [0.05, 0.1) is 36.1 Å². The number of likely N-dealkylation sites (tertiary alicyclic amines) is 1. The molecule has 3 rings (SSSR count). The number of methoxy groups -OCH3 is 1. The van der Waals surface area contributed by atoms with E-state index in [1.165, 1.54) is 0 Å². The Balaban J connectivity index is 2.06. The third-order valence-electron chi connectivity index (χ3n) is 5.13. The molecule has 1 fully saturated rings. The molecule has 1 aliphatic carbocycles. The SMILES string of the molecule is COCCn1nc([C@@H]2CCCN2C(C)=O)c2c1CC(C)(C)CC2=O. The summed E-state index contributed by atoms with van der Waals surface area (Å²) in [5.74, 6) is 0.219. The Morgan fingerprint density at radius 2 is 2.12 bits per heavy atom. The fourth-order valence-electron chi connectivity index (χ4n) is 4.06. The standard InChI is InChI=1S/C18H27N3O3/c1-12(22)20-7-5-6-13(20)17-16-14(21(19-17)8-9-24-4)10-18(2,3)11-15(16)23/h13H,5-11H2,1-4H3/t13-/m0/s1. The van der Waals surface area contributed by atoms with Crippen molar-refractivity contribution in [2.75, 3.05) is 20.3 Å². The van der Waals surface area contributed by atoms with Gasteiger partial charge >= 0.3 is 0 Å². The van der Waals surface area contributed by atoms with E-state index in [0.717, 1.165) is 42.8 Å². The summed E-state index contributed by atoms with van der Waals surface area (Å²) >= 11 is 0. The molecule has 24 heavy (non-hydrogen) atoms.